The van der Waals surface area contributed by atoms with E-state index in [2.05, 4.69) is 10.6 Å². The number of carbonyl (C=O) groups is 1. The Balaban J connectivity index is 3.78. The average molecular weight is 216 g/mol. The average Bonchev–Trinajstić information content (AvgIpc) is 2.17. The van der Waals surface area contributed by atoms with Gasteiger partial charge in [0.15, 0.2) is 0 Å². The van der Waals surface area contributed by atoms with Crippen LogP contribution in [0.1, 0.15) is 34.1 Å². The van der Waals surface area contributed by atoms with Crippen LogP contribution in [0.3, 0.4) is 0 Å². The van der Waals surface area contributed by atoms with Crippen LogP contribution in [-0.2, 0) is 4.79 Å². The zero-order valence-corrected chi connectivity index (χ0v) is 10.2. The van der Waals surface area contributed by atoms with E-state index in [1.54, 1.807) is 0 Å². The van der Waals surface area contributed by atoms with Crippen molar-refractivity contribution in [3.05, 3.63) is 0 Å². The van der Waals surface area contributed by atoms with Crippen molar-refractivity contribution in [2.75, 3.05) is 13.2 Å². The molecule has 4 nitrogen and oxygen atoms in total. The zero-order valence-electron chi connectivity index (χ0n) is 10.2. The Bertz CT molecular complexity index is 183. The minimum absolute atomic E-state index is 0.00678. The third-order valence-corrected chi connectivity index (χ3v) is 2.55. The van der Waals surface area contributed by atoms with Gasteiger partial charge in [-0.3, -0.25) is 4.79 Å². The summed E-state index contributed by atoms with van der Waals surface area (Å²) in [5.74, 6) is 0.315. The highest BCUT2D eigenvalue weighted by Gasteiger charge is 2.13. The Morgan fingerprint density at radius 1 is 1.33 bits per heavy atom. The van der Waals surface area contributed by atoms with E-state index in [0.717, 1.165) is 6.42 Å². The Kier molecular flexibility index (Phi) is 7.34. The maximum absolute atomic E-state index is 11.4. The first-order valence-electron chi connectivity index (χ1n) is 5.64. The fourth-order valence-electron chi connectivity index (χ4n) is 1.16. The van der Waals surface area contributed by atoms with Gasteiger partial charge in [0.2, 0.25) is 5.91 Å². The highest BCUT2D eigenvalue weighted by molar-refractivity contribution is 5.78. The normalized spacial score (nSPS) is 15.1. The second kappa shape index (κ2) is 7.65. The molecule has 0 rings (SSSR count). The lowest BCUT2D eigenvalue weighted by molar-refractivity contribution is -0.121. The summed E-state index contributed by atoms with van der Waals surface area (Å²) in [4.78, 5) is 11.4. The summed E-state index contributed by atoms with van der Waals surface area (Å²) in [6.45, 7) is 8.37. The Morgan fingerprint density at radius 3 is 2.33 bits per heavy atom. The molecule has 1 amide bonds. The van der Waals surface area contributed by atoms with Gasteiger partial charge in [0.25, 0.3) is 0 Å². The van der Waals surface area contributed by atoms with Gasteiger partial charge in [-0.2, -0.15) is 0 Å². The van der Waals surface area contributed by atoms with E-state index in [-0.39, 0.29) is 31.1 Å². The molecule has 3 N–H and O–H groups in total. The molecule has 4 heteroatoms. The molecule has 15 heavy (non-hydrogen) atoms. The molecule has 0 aliphatic heterocycles. The number of aliphatic hydroxyl groups excluding tert-OH is 1. The van der Waals surface area contributed by atoms with Crippen LogP contribution in [-0.4, -0.2) is 36.2 Å². The molecule has 0 saturated carbocycles. The highest BCUT2D eigenvalue weighted by Crippen LogP contribution is 1.99. The third kappa shape index (κ3) is 6.47. The number of amides is 1. The van der Waals surface area contributed by atoms with Crippen LogP contribution < -0.4 is 10.6 Å². The zero-order chi connectivity index (χ0) is 11.8. The summed E-state index contributed by atoms with van der Waals surface area (Å²) < 4.78 is 0. The summed E-state index contributed by atoms with van der Waals surface area (Å²) in [5.41, 5.74) is 0. The Morgan fingerprint density at radius 2 is 1.93 bits per heavy atom. The number of hydrogen-bond donors (Lipinski definition) is 3. The molecule has 0 heterocycles. The predicted octanol–water partition coefficient (Wildman–Crippen LogP) is 0.508. The first-order valence-corrected chi connectivity index (χ1v) is 5.64. The molecule has 0 saturated heterocycles. The van der Waals surface area contributed by atoms with Crippen LogP contribution in [0.4, 0.5) is 0 Å². The van der Waals surface area contributed by atoms with E-state index in [1.807, 2.05) is 27.7 Å². The van der Waals surface area contributed by atoms with Gasteiger partial charge >= 0.3 is 0 Å². The lowest BCUT2D eigenvalue weighted by Gasteiger charge is -2.20. The predicted molar refractivity (Wildman–Crippen MR) is 61.6 cm³/mol. The fourth-order valence-corrected chi connectivity index (χ4v) is 1.16. The van der Waals surface area contributed by atoms with Crippen molar-refractivity contribution in [1.82, 2.24) is 10.6 Å². The SMILES string of the molecule is CCC(C)NC(=O)CNC(CO)C(C)C. The van der Waals surface area contributed by atoms with Gasteiger partial charge in [0.1, 0.15) is 0 Å². The number of hydrogen-bond acceptors (Lipinski definition) is 3. The molecule has 0 aliphatic rings. The van der Waals surface area contributed by atoms with Crippen LogP contribution in [0.5, 0.6) is 0 Å². The van der Waals surface area contributed by atoms with Crippen molar-refractivity contribution in [2.24, 2.45) is 5.92 Å². The Hall–Kier alpha value is -0.610. The van der Waals surface area contributed by atoms with Crippen molar-refractivity contribution in [1.29, 1.82) is 0 Å². The lowest BCUT2D eigenvalue weighted by atomic mass is 10.1. The molecule has 0 aliphatic carbocycles. The van der Waals surface area contributed by atoms with Crippen LogP contribution >= 0.6 is 0 Å². The number of nitrogens with one attached hydrogen (secondary N) is 2. The largest absolute Gasteiger partial charge is 0.395 e. The second-order valence-electron chi connectivity index (χ2n) is 4.29. The van der Waals surface area contributed by atoms with Crippen molar-refractivity contribution in [2.45, 2.75) is 46.2 Å². The molecule has 0 aromatic carbocycles. The van der Waals surface area contributed by atoms with Crippen molar-refractivity contribution < 1.29 is 9.90 Å². The van der Waals surface area contributed by atoms with E-state index in [4.69, 9.17) is 5.11 Å². The van der Waals surface area contributed by atoms with Crippen molar-refractivity contribution in [3.8, 4) is 0 Å². The maximum atomic E-state index is 11.4. The van der Waals surface area contributed by atoms with E-state index < -0.39 is 0 Å². The summed E-state index contributed by atoms with van der Waals surface area (Å²) in [6, 6.07) is 0.207. The smallest absolute Gasteiger partial charge is 0.234 e. The first kappa shape index (κ1) is 14.4. The van der Waals surface area contributed by atoms with E-state index in [1.165, 1.54) is 0 Å². The molecular weight excluding hydrogens is 192 g/mol. The number of rotatable bonds is 7. The number of aliphatic hydroxyl groups is 1. The fraction of sp³-hybridized carbons (Fsp3) is 0.909. The molecule has 0 aromatic rings. The maximum Gasteiger partial charge on any atom is 0.234 e. The summed E-state index contributed by atoms with van der Waals surface area (Å²) >= 11 is 0. The standard InChI is InChI=1S/C11H24N2O2/c1-5-9(4)13-11(15)6-12-10(7-14)8(2)3/h8-10,12,14H,5-7H2,1-4H3,(H,13,15). The minimum Gasteiger partial charge on any atom is -0.395 e. The minimum atomic E-state index is -0.0107. The molecule has 0 aromatic heterocycles. The topological polar surface area (TPSA) is 61.4 Å². The van der Waals surface area contributed by atoms with E-state index >= 15 is 0 Å². The monoisotopic (exact) mass is 216 g/mol. The van der Waals surface area contributed by atoms with Crippen LogP contribution in [0.25, 0.3) is 0 Å². The van der Waals surface area contributed by atoms with Gasteiger partial charge in [-0.15, -0.1) is 0 Å². The van der Waals surface area contributed by atoms with Gasteiger partial charge < -0.3 is 15.7 Å². The van der Waals surface area contributed by atoms with Crippen molar-refractivity contribution in [3.63, 3.8) is 0 Å². The molecule has 2 atom stereocenters. The van der Waals surface area contributed by atoms with Crippen molar-refractivity contribution >= 4 is 5.91 Å². The van der Waals surface area contributed by atoms with Crippen LogP contribution in [0, 0.1) is 5.92 Å². The van der Waals surface area contributed by atoms with Gasteiger partial charge in [0, 0.05) is 12.1 Å². The quantitative estimate of drug-likeness (QED) is 0.581. The van der Waals surface area contributed by atoms with E-state index in [0.29, 0.717) is 5.92 Å². The molecule has 0 radical (unpaired) electrons. The molecule has 0 fully saturated rings. The number of carbonyl (C=O) groups excluding carboxylic acids is 1. The van der Waals surface area contributed by atoms with Gasteiger partial charge in [-0.25, -0.2) is 0 Å². The molecule has 0 spiro atoms. The Labute approximate surface area is 92.4 Å². The first-order chi connectivity index (χ1) is 7.01. The summed E-state index contributed by atoms with van der Waals surface area (Å²) in [5, 5.41) is 14.9. The van der Waals surface area contributed by atoms with E-state index in [9.17, 15) is 4.79 Å². The molecule has 2 unspecified atom stereocenters. The van der Waals surface area contributed by atoms with Crippen LogP contribution in [0.15, 0.2) is 0 Å². The summed E-state index contributed by atoms with van der Waals surface area (Å²) in [7, 11) is 0. The molecule has 0 bridgehead atoms. The van der Waals surface area contributed by atoms with Gasteiger partial charge in [0.05, 0.1) is 13.2 Å². The molecular formula is C11H24N2O2. The van der Waals surface area contributed by atoms with Gasteiger partial charge in [-0.1, -0.05) is 20.8 Å². The third-order valence-electron chi connectivity index (χ3n) is 2.55. The molecule has 90 valence electrons. The highest BCUT2D eigenvalue weighted by atomic mass is 16.3. The van der Waals surface area contributed by atoms with Crippen LogP contribution in [0.2, 0.25) is 0 Å². The second-order valence-corrected chi connectivity index (χ2v) is 4.29. The van der Waals surface area contributed by atoms with Gasteiger partial charge in [-0.05, 0) is 19.3 Å². The lowest BCUT2D eigenvalue weighted by Crippen LogP contribution is -2.45. The summed E-state index contributed by atoms with van der Waals surface area (Å²) in [6.07, 6.45) is 0.930.